The van der Waals surface area contributed by atoms with Gasteiger partial charge >= 0.3 is 39.5 Å². The van der Waals surface area contributed by atoms with E-state index in [1.807, 2.05) is 0 Å². The van der Waals surface area contributed by atoms with Crippen molar-refractivity contribution in [2.45, 2.75) is 452 Å². The Morgan fingerprint density at radius 3 is 0.752 bits per heavy atom. The molecule has 0 bridgehead atoms. The van der Waals surface area contributed by atoms with Crippen molar-refractivity contribution in [1.29, 1.82) is 0 Å². The summed E-state index contributed by atoms with van der Waals surface area (Å²) in [6.45, 7) is 9.72. The molecular weight excluding hydrogens is 1320 g/mol. The first-order valence-electron chi connectivity index (χ1n) is 42.5. The SMILES string of the molecule is CCCCCCCCCCCCCCCCCC(=O)O[C@H](COC(=O)CCCCCCCCCCCCCCC)COP(=O)(O)OC[C@H](O)COP(=O)(O)OC[C@@H](COC(=O)CCCCCCCCCCCCCCC(C)C)OC(=O)CCCCCCCCCCCCCCCCC(C)CC. The Kier molecular flexibility index (Phi) is 72.2. The molecule has 0 radical (unpaired) electrons. The van der Waals surface area contributed by atoms with Gasteiger partial charge in [0.15, 0.2) is 12.2 Å². The highest BCUT2D eigenvalue weighted by atomic mass is 31.2. The van der Waals surface area contributed by atoms with E-state index in [9.17, 15) is 43.2 Å². The van der Waals surface area contributed by atoms with E-state index in [2.05, 4.69) is 41.5 Å². The maximum Gasteiger partial charge on any atom is 0.472 e. The predicted octanol–water partition coefficient (Wildman–Crippen LogP) is 24.7. The van der Waals surface area contributed by atoms with Crippen molar-refractivity contribution >= 4 is 39.5 Å². The topological polar surface area (TPSA) is 237 Å². The molecule has 600 valence electrons. The lowest BCUT2D eigenvalue weighted by molar-refractivity contribution is -0.161. The van der Waals surface area contributed by atoms with Gasteiger partial charge in [-0.25, -0.2) is 9.13 Å². The Morgan fingerprint density at radius 1 is 0.287 bits per heavy atom. The van der Waals surface area contributed by atoms with Crippen molar-refractivity contribution in [2.24, 2.45) is 11.8 Å². The van der Waals surface area contributed by atoms with Crippen LogP contribution in [0.25, 0.3) is 0 Å². The van der Waals surface area contributed by atoms with Crippen LogP contribution < -0.4 is 0 Å². The van der Waals surface area contributed by atoms with Gasteiger partial charge in [-0.2, -0.15) is 0 Å². The number of aliphatic hydroxyl groups excluding tert-OH is 1. The van der Waals surface area contributed by atoms with Crippen molar-refractivity contribution in [2.75, 3.05) is 39.6 Å². The third-order valence-corrected chi connectivity index (χ3v) is 21.5. The van der Waals surface area contributed by atoms with E-state index in [1.165, 1.54) is 250 Å². The quantitative estimate of drug-likeness (QED) is 0.0222. The van der Waals surface area contributed by atoms with Crippen molar-refractivity contribution < 1.29 is 80.2 Å². The smallest absolute Gasteiger partial charge is 0.462 e. The molecule has 0 heterocycles. The van der Waals surface area contributed by atoms with Crippen LogP contribution >= 0.6 is 15.6 Å². The van der Waals surface area contributed by atoms with Crippen LogP contribution in [-0.4, -0.2) is 96.7 Å². The first-order valence-corrected chi connectivity index (χ1v) is 45.5. The minimum Gasteiger partial charge on any atom is -0.462 e. The van der Waals surface area contributed by atoms with Crippen LogP contribution in [0, 0.1) is 11.8 Å². The summed E-state index contributed by atoms with van der Waals surface area (Å²) in [6.07, 6.45) is 63.5. The summed E-state index contributed by atoms with van der Waals surface area (Å²) in [7, 11) is -9.92. The molecule has 19 heteroatoms. The molecule has 0 rings (SSSR count). The summed E-state index contributed by atoms with van der Waals surface area (Å²) < 4.78 is 68.8. The highest BCUT2D eigenvalue weighted by molar-refractivity contribution is 7.47. The molecule has 17 nitrogen and oxygen atoms in total. The third kappa shape index (κ3) is 74.7. The van der Waals surface area contributed by atoms with E-state index in [4.69, 9.17) is 37.0 Å². The highest BCUT2D eigenvalue weighted by Gasteiger charge is 2.30. The number of esters is 4. The molecule has 0 aliphatic rings. The first-order chi connectivity index (χ1) is 48.9. The number of hydrogen-bond donors (Lipinski definition) is 3. The Bertz CT molecular complexity index is 1940. The summed E-state index contributed by atoms with van der Waals surface area (Å²) in [4.78, 5) is 73.1. The second-order valence-electron chi connectivity index (χ2n) is 30.2. The summed E-state index contributed by atoms with van der Waals surface area (Å²) >= 11 is 0. The van der Waals surface area contributed by atoms with Gasteiger partial charge in [0.2, 0.25) is 0 Å². The highest BCUT2D eigenvalue weighted by Crippen LogP contribution is 2.45. The maximum absolute atomic E-state index is 13.1. The first kappa shape index (κ1) is 99.1. The van der Waals surface area contributed by atoms with E-state index >= 15 is 0 Å². The molecule has 101 heavy (non-hydrogen) atoms. The van der Waals surface area contributed by atoms with Gasteiger partial charge < -0.3 is 33.8 Å². The Labute approximate surface area is 619 Å². The normalized spacial score (nSPS) is 14.2. The molecular formula is C82H160O17P2. The van der Waals surface area contributed by atoms with E-state index in [1.54, 1.807) is 0 Å². The third-order valence-electron chi connectivity index (χ3n) is 19.6. The van der Waals surface area contributed by atoms with E-state index < -0.39 is 97.5 Å². The van der Waals surface area contributed by atoms with E-state index in [0.717, 1.165) is 102 Å². The van der Waals surface area contributed by atoms with Crippen LogP contribution in [0.2, 0.25) is 0 Å². The maximum atomic E-state index is 13.1. The monoisotopic (exact) mass is 1480 g/mol. The summed E-state index contributed by atoms with van der Waals surface area (Å²) in [5.74, 6) is -0.476. The number of carbonyl (C=O) groups excluding carboxylic acids is 4. The molecule has 3 N–H and O–H groups in total. The van der Waals surface area contributed by atoms with Gasteiger partial charge in [-0.05, 0) is 37.5 Å². The number of hydrogen-bond acceptors (Lipinski definition) is 15. The van der Waals surface area contributed by atoms with Gasteiger partial charge in [0, 0.05) is 25.7 Å². The number of rotatable bonds is 81. The lowest BCUT2D eigenvalue weighted by Crippen LogP contribution is -2.30. The van der Waals surface area contributed by atoms with Gasteiger partial charge in [-0.15, -0.1) is 0 Å². The molecule has 0 aromatic carbocycles. The second kappa shape index (κ2) is 73.6. The number of ether oxygens (including phenoxy) is 4. The second-order valence-corrected chi connectivity index (χ2v) is 33.1. The zero-order chi connectivity index (χ0) is 74.2. The average Bonchev–Trinajstić information content (AvgIpc) is 0.971. The summed E-state index contributed by atoms with van der Waals surface area (Å²) in [5, 5.41) is 10.7. The van der Waals surface area contributed by atoms with E-state index in [0.29, 0.717) is 25.7 Å². The lowest BCUT2D eigenvalue weighted by Gasteiger charge is -2.21. The molecule has 0 spiro atoms. The van der Waals surface area contributed by atoms with Crippen LogP contribution in [0.4, 0.5) is 0 Å². The van der Waals surface area contributed by atoms with Crippen LogP contribution in [0.15, 0.2) is 0 Å². The molecule has 0 saturated heterocycles. The van der Waals surface area contributed by atoms with Crippen LogP contribution in [0.1, 0.15) is 433 Å². The largest absolute Gasteiger partial charge is 0.472 e. The average molecular weight is 1480 g/mol. The van der Waals surface area contributed by atoms with Crippen molar-refractivity contribution in [3.63, 3.8) is 0 Å². The van der Waals surface area contributed by atoms with Gasteiger partial charge in [0.1, 0.15) is 19.3 Å². The van der Waals surface area contributed by atoms with Crippen molar-refractivity contribution in [1.82, 2.24) is 0 Å². The van der Waals surface area contributed by atoms with Gasteiger partial charge in [-0.3, -0.25) is 37.3 Å². The van der Waals surface area contributed by atoms with Crippen molar-refractivity contribution in [3.05, 3.63) is 0 Å². The Hall–Kier alpha value is -1.94. The molecule has 0 fully saturated rings. The Balaban J connectivity index is 5.27. The van der Waals surface area contributed by atoms with Gasteiger partial charge in [-0.1, -0.05) is 382 Å². The fraction of sp³-hybridized carbons (Fsp3) is 0.951. The molecule has 3 unspecified atom stereocenters. The van der Waals surface area contributed by atoms with Crippen LogP contribution in [0.5, 0.6) is 0 Å². The lowest BCUT2D eigenvalue weighted by atomic mass is 9.99. The zero-order valence-electron chi connectivity index (χ0n) is 66.2. The fourth-order valence-electron chi connectivity index (χ4n) is 12.7. The summed E-state index contributed by atoms with van der Waals surface area (Å²) in [6, 6.07) is 0. The molecule has 0 aliphatic heterocycles. The number of phosphoric acid groups is 2. The fourth-order valence-corrected chi connectivity index (χ4v) is 14.3. The zero-order valence-corrected chi connectivity index (χ0v) is 68.0. The minimum atomic E-state index is -4.96. The molecule has 0 aliphatic carbocycles. The number of unbranched alkanes of at least 4 members (excludes halogenated alkanes) is 50. The number of phosphoric ester groups is 2. The van der Waals surface area contributed by atoms with E-state index in [-0.39, 0.29) is 25.7 Å². The standard InChI is InChI=1S/C82H160O17P2/c1-7-10-12-14-16-18-20-22-23-28-36-42-48-54-60-66-81(86)98-77(70-92-79(84)64-58-52-46-40-34-26-21-19-17-15-13-11-8-2)72-96-100(88,89)94-68-76(83)69-95-101(90,91)97-73-78(71-93-80(85)65-59-53-47-41-35-31-30-32-38-44-50-56-62-74(4)5)99-82(87)67-61-55-49-43-37-29-25-24-27-33-39-45-51-57-63-75(6)9-3/h74-78,83H,7-73H2,1-6H3,(H,88,89)(H,90,91)/t75?,76-,77+,78+/m0/s1. The number of aliphatic hydroxyl groups is 1. The molecule has 0 aromatic heterocycles. The molecule has 0 amide bonds. The molecule has 0 saturated carbocycles. The van der Waals surface area contributed by atoms with Crippen molar-refractivity contribution in [3.8, 4) is 0 Å². The molecule has 6 atom stereocenters. The molecule has 0 aromatic rings. The summed E-state index contributed by atoms with van der Waals surface area (Å²) in [5.41, 5.74) is 0. The van der Waals surface area contributed by atoms with Gasteiger partial charge in [0.05, 0.1) is 26.4 Å². The predicted molar refractivity (Wildman–Crippen MR) is 414 cm³/mol. The van der Waals surface area contributed by atoms with Crippen LogP contribution in [0.3, 0.4) is 0 Å². The minimum absolute atomic E-state index is 0.108. The number of carbonyl (C=O) groups is 4. The van der Waals surface area contributed by atoms with Gasteiger partial charge in [0.25, 0.3) is 0 Å². The van der Waals surface area contributed by atoms with Crippen LogP contribution in [-0.2, 0) is 65.4 Å². The Morgan fingerprint density at radius 2 is 0.505 bits per heavy atom.